The molecule has 0 aromatic heterocycles. The number of hydrogen-bond donors (Lipinski definition) is 3. The van der Waals surface area contributed by atoms with Crippen LogP contribution in [0.2, 0.25) is 0 Å². The van der Waals surface area contributed by atoms with Crippen LogP contribution in [0.5, 0.6) is 5.75 Å². The Bertz CT molecular complexity index is 527. The van der Waals surface area contributed by atoms with Crippen molar-refractivity contribution in [3.05, 3.63) is 22.7 Å². The average molecular weight is 358 g/mol. The quantitative estimate of drug-likeness (QED) is 0.773. The van der Waals surface area contributed by atoms with E-state index in [9.17, 15) is 9.59 Å². The molecule has 116 valence electrons. The van der Waals surface area contributed by atoms with Gasteiger partial charge in [0.05, 0.1) is 19.3 Å². The van der Waals surface area contributed by atoms with Gasteiger partial charge in [-0.25, -0.2) is 4.79 Å². The molecule has 0 aliphatic rings. The Hall–Kier alpha value is -1.76. The molecule has 0 radical (unpaired) electrons. The van der Waals surface area contributed by atoms with Crippen LogP contribution in [0.1, 0.15) is 20.8 Å². The van der Waals surface area contributed by atoms with Gasteiger partial charge in [-0.1, -0.05) is 0 Å². The molecular formula is C14H20BrN3O3. The standard InChI is InChI=1S/C14H20BrN3O3/c1-14(2,3)18-13(20)17-12(19)8-16-11-7-9(21-4)5-6-10(11)15/h5-7,16H,8H2,1-4H3,(H2,17,18,19,20). The molecule has 1 rings (SSSR count). The third-order valence-electron chi connectivity index (χ3n) is 2.35. The van der Waals surface area contributed by atoms with E-state index in [1.165, 1.54) is 0 Å². The monoisotopic (exact) mass is 357 g/mol. The Morgan fingerprint density at radius 3 is 2.52 bits per heavy atom. The summed E-state index contributed by atoms with van der Waals surface area (Å²) < 4.78 is 5.91. The molecule has 0 aliphatic carbocycles. The lowest BCUT2D eigenvalue weighted by atomic mass is 10.1. The molecule has 0 aliphatic heterocycles. The highest BCUT2D eigenvalue weighted by Gasteiger charge is 2.15. The molecule has 0 bridgehead atoms. The first kappa shape index (κ1) is 17.3. The molecular weight excluding hydrogens is 338 g/mol. The number of urea groups is 1. The summed E-state index contributed by atoms with van der Waals surface area (Å²) in [7, 11) is 1.57. The van der Waals surface area contributed by atoms with Crippen LogP contribution < -0.4 is 20.7 Å². The van der Waals surface area contributed by atoms with Crippen LogP contribution in [-0.4, -0.2) is 31.1 Å². The normalized spacial score (nSPS) is 10.7. The highest BCUT2D eigenvalue weighted by Crippen LogP contribution is 2.26. The molecule has 0 saturated heterocycles. The number of methoxy groups -OCH3 is 1. The maximum atomic E-state index is 11.7. The fourth-order valence-electron chi connectivity index (χ4n) is 1.48. The van der Waals surface area contributed by atoms with Crippen LogP contribution in [0, 0.1) is 0 Å². The number of anilines is 1. The van der Waals surface area contributed by atoms with Gasteiger partial charge in [0.2, 0.25) is 5.91 Å². The lowest BCUT2D eigenvalue weighted by Gasteiger charge is -2.20. The molecule has 1 aromatic rings. The maximum Gasteiger partial charge on any atom is 0.321 e. The van der Waals surface area contributed by atoms with E-state index in [0.717, 1.165) is 4.47 Å². The van der Waals surface area contributed by atoms with Crippen molar-refractivity contribution in [2.75, 3.05) is 19.0 Å². The second-order valence-electron chi connectivity index (χ2n) is 5.45. The zero-order chi connectivity index (χ0) is 16.0. The van der Waals surface area contributed by atoms with E-state index in [-0.39, 0.29) is 6.54 Å². The number of imide groups is 1. The number of carbonyl (C=O) groups is 2. The first-order valence-corrected chi connectivity index (χ1v) is 7.20. The van der Waals surface area contributed by atoms with Crippen LogP contribution in [0.25, 0.3) is 0 Å². The fraction of sp³-hybridized carbons (Fsp3) is 0.429. The van der Waals surface area contributed by atoms with E-state index in [4.69, 9.17) is 4.74 Å². The lowest BCUT2D eigenvalue weighted by molar-refractivity contribution is -0.118. The fourth-order valence-corrected chi connectivity index (χ4v) is 1.87. The van der Waals surface area contributed by atoms with Crippen LogP contribution in [0.4, 0.5) is 10.5 Å². The number of amides is 3. The second-order valence-corrected chi connectivity index (χ2v) is 6.31. The number of nitrogens with one attached hydrogen (secondary N) is 3. The lowest BCUT2D eigenvalue weighted by Crippen LogP contribution is -2.49. The largest absolute Gasteiger partial charge is 0.497 e. The Balaban J connectivity index is 2.52. The minimum absolute atomic E-state index is 0.0245. The molecule has 0 spiro atoms. The summed E-state index contributed by atoms with van der Waals surface area (Å²) in [6.07, 6.45) is 0. The predicted octanol–water partition coefficient (Wildman–Crippen LogP) is 2.49. The molecule has 0 atom stereocenters. The number of halogens is 1. The zero-order valence-electron chi connectivity index (χ0n) is 12.5. The SMILES string of the molecule is COc1ccc(Br)c(NCC(=O)NC(=O)NC(C)(C)C)c1. The van der Waals surface area contributed by atoms with E-state index < -0.39 is 17.5 Å². The summed E-state index contributed by atoms with van der Waals surface area (Å²) in [5.41, 5.74) is 0.314. The van der Waals surface area contributed by atoms with Crippen molar-refractivity contribution in [1.29, 1.82) is 0 Å². The van der Waals surface area contributed by atoms with E-state index in [2.05, 4.69) is 31.9 Å². The number of carbonyl (C=O) groups excluding carboxylic acids is 2. The van der Waals surface area contributed by atoms with E-state index in [1.807, 2.05) is 26.8 Å². The molecule has 0 unspecified atom stereocenters. The summed E-state index contributed by atoms with van der Waals surface area (Å²) >= 11 is 3.37. The molecule has 0 saturated carbocycles. The maximum absolute atomic E-state index is 11.7. The highest BCUT2D eigenvalue weighted by atomic mass is 79.9. The summed E-state index contributed by atoms with van der Waals surface area (Å²) in [6, 6.07) is 4.85. The van der Waals surface area contributed by atoms with Gasteiger partial charge < -0.3 is 15.4 Å². The molecule has 6 nitrogen and oxygen atoms in total. The van der Waals surface area contributed by atoms with Gasteiger partial charge >= 0.3 is 6.03 Å². The summed E-state index contributed by atoms with van der Waals surface area (Å²) in [4.78, 5) is 23.2. The summed E-state index contributed by atoms with van der Waals surface area (Å²) in [6.45, 7) is 5.48. The Labute approximate surface area is 132 Å². The Kier molecular flexibility index (Phi) is 6.02. The number of benzene rings is 1. The van der Waals surface area contributed by atoms with E-state index in [1.54, 1.807) is 19.2 Å². The van der Waals surface area contributed by atoms with Gasteiger partial charge in [-0.2, -0.15) is 0 Å². The zero-order valence-corrected chi connectivity index (χ0v) is 14.1. The number of hydrogen-bond acceptors (Lipinski definition) is 4. The van der Waals surface area contributed by atoms with Crippen LogP contribution >= 0.6 is 15.9 Å². The van der Waals surface area contributed by atoms with Gasteiger partial charge in [-0.3, -0.25) is 10.1 Å². The number of ether oxygens (including phenoxy) is 1. The molecule has 1 aromatic carbocycles. The third-order valence-corrected chi connectivity index (χ3v) is 3.05. The molecule has 0 fully saturated rings. The minimum atomic E-state index is -0.515. The molecule has 7 heteroatoms. The van der Waals surface area contributed by atoms with E-state index >= 15 is 0 Å². The smallest absolute Gasteiger partial charge is 0.321 e. The topological polar surface area (TPSA) is 79.5 Å². The van der Waals surface area contributed by atoms with Crippen molar-refractivity contribution < 1.29 is 14.3 Å². The third kappa shape index (κ3) is 6.48. The van der Waals surface area contributed by atoms with Gasteiger partial charge in [0.25, 0.3) is 0 Å². The molecule has 21 heavy (non-hydrogen) atoms. The van der Waals surface area contributed by atoms with Gasteiger partial charge in [0, 0.05) is 16.1 Å². The average Bonchev–Trinajstić information content (AvgIpc) is 2.35. The van der Waals surface area contributed by atoms with E-state index in [0.29, 0.717) is 11.4 Å². The summed E-state index contributed by atoms with van der Waals surface area (Å²) in [5.74, 6) is 0.248. The molecule has 3 N–H and O–H groups in total. The first-order valence-electron chi connectivity index (χ1n) is 6.40. The van der Waals surface area contributed by atoms with Crippen LogP contribution in [0.3, 0.4) is 0 Å². The van der Waals surface area contributed by atoms with Gasteiger partial charge in [-0.15, -0.1) is 0 Å². The van der Waals surface area contributed by atoms with Crippen molar-refractivity contribution in [2.45, 2.75) is 26.3 Å². The molecule has 0 heterocycles. The number of rotatable bonds is 4. The molecule has 3 amide bonds. The van der Waals surface area contributed by atoms with Gasteiger partial charge in [0.15, 0.2) is 0 Å². The van der Waals surface area contributed by atoms with Crippen molar-refractivity contribution >= 4 is 33.6 Å². The Morgan fingerprint density at radius 2 is 1.95 bits per heavy atom. The predicted molar refractivity (Wildman–Crippen MR) is 85.6 cm³/mol. The first-order chi connectivity index (χ1) is 9.71. The van der Waals surface area contributed by atoms with Gasteiger partial charge in [-0.05, 0) is 48.8 Å². The van der Waals surface area contributed by atoms with Crippen molar-refractivity contribution in [2.24, 2.45) is 0 Å². The highest BCUT2D eigenvalue weighted by molar-refractivity contribution is 9.10. The Morgan fingerprint density at radius 1 is 1.29 bits per heavy atom. The van der Waals surface area contributed by atoms with Crippen molar-refractivity contribution in [3.63, 3.8) is 0 Å². The summed E-state index contributed by atoms with van der Waals surface area (Å²) in [5, 5.41) is 7.84. The second kappa shape index (κ2) is 7.31. The van der Waals surface area contributed by atoms with Crippen molar-refractivity contribution in [1.82, 2.24) is 10.6 Å². The van der Waals surface area contributed by atoms with Gasteiger partial charge in [0.1, 0.15) is 5.75 Å². The van der Waals surface area contributed by atoms with Crippen LogP contribution in [0.15, 0.2) is 22.7 Å². The minimum Gasteiger partial charge on any atom is -0.497 e. The van der Waals surface area contributed by atoms with Crippen molar-refractivity contribution in [3.8, 4) is 5.75 Å². The van der Waals surface area contributed by atoms with Crippen LogP contribution in [-0.2, 0) is 4.79 Å².